The van der Waals surface area contributed by atoms with Crippen molar-refractivity contribution in [3.8, 4) is 0 Å². The molecule has 4 nitrogen and oxygen atoms in total. The van der Waals surface area contributed by atoms with Crippen molar-refractivity contribution in [2.75, 3.05) is 32.8 Å². The molecule has 0 bridgehead atoms. The van der Waals surface area contributed by atoms with Crippen LogP contribution in [0, 0.1) is 0 Å². The Labute approximate surface area is 195 Å². The summed E-state index contributed by atoms with van der Waals surface area (Å²) in [5.41, 5.74) is 1.01. The van der Waals surface area contributed by atoms with Crippen LogP contribution >= 0.6 is 0 Å². The number of aliphatic hydroxyl groups excluding tert-OH is 1. The standard InChI is InChI=1S/C9H19NO.2C9H19N/c1-9(2,3)10-6-4-5-8(10)7-11;1-8-6-5-7-10(8)9(2,3)4;1-9(2,3)10-7-5-4-6-8-10/h8,11H,4-7H2,1-3H3;8H,5-7H2,1-4H3;4-8H2,1-3H3. The van der Waals surface area contributed by atoms with Crippen LogP contribution in [0.5, 0.6) is 0 Å². The lowest BCUT2D eigenvalue weighted by atomic mass is 10.0. The molecule has 3 aliphatic heterocycles. The number of hydrogen-bond donors (Lipinski definition) is 1. The van der Waals surface area contributed by atoms with Gasteiger partial charge < -0.3 is 5.11 Å². The van der Waals surface area contributed by atoms with Gasteiger partial charge in [0, 0.05) is 28.7 Å². The predicted molar refractivity (Wildman–Crippen MR) is 137 cm³/mol. The Hall–Kier alpha value is -0.160. The first-order valence-electron chi connectivity index (χ1n) is 13.1. The van der Waals surface area contributed by atoms with E-state index in [4.69, 9.17) is 5.11 Å². The summed E-state index contributed by atoms with van der Waals surface area (Å²) in [4.78, 5) is 7.57. The van der Waals surface area contributed by atoms with Gasteiger partial charge in [-0.3, -0.25) is 14.7 Å². The minimum Gasteiger partial charge on any atom is -0.395 e. The maximum absolute atomic E-state index is 9.06. The van der Waals surface area contributed by atoms with Crippen LogP contribution in [0.3, 0.4) is 0 Å². The van der Waals surface area contributed by atoms with Gasteiger partial charge in [-0.1, -0.05) is 6.42 Å². The normalized spacial score (nSPS) is 26.8. The van der Waals surface area contributed by atoms with E-state index in [-0.39, 0.29) is 5.54 Å². The van der Waals surface area contributed by atoms with Crippen LogP contribution in [-0.4, -0.2) is 81.3 Å². The fourth-order valence-electron chi connectivity index (χ4n) is 5.40. The van der Waals surface area contributed by atoms with Crippen LogP contribution in [0.25, 0.3) is 0 Å². The zero-order valence-corrected chi connectivity index (χ0v) is 22.9. The van der Waals surface area contributed by atoms with Crippen LogP contribution < -0.4 is 0 Å². The summed E-state index contributed by atoms with van der Waals surface area (Å²) in [6, 6.07) is 1.22. The lowest BCUT2D eigenvalue weighted by molar-refractivity contribution is 0.0804. The highest BCUT2D eigenvalue weighted by atomic mass is 16.3. The number of rotatable bonds is 1. The van der Waals surface area contributed by atoms with Crippen molar-refractivity contribution in [1.29, 1.82) is 0 Å². The maximum atomic E-state index is 9.06. The van der Waals surface area contributed by atoms with Crippen LogP contribution in [0.4, 0.5) is 0 Å². The zero-order valence-electron chi connectivity index (χ0n) is 22.9. The molecule has 0 saturated carbocycles. The minimum atomic E-state index is 0.226. The molecule has 0 radical (unpaired) electrons. The quantitative estimate of drug-likeness (QED) is 0.561. The van der Waals surface area contributed by atoms with E-state index < -0.39 is 0 Å². The van der Waals surface area contributed by atoms with Gasteiger partial charge in [0.05, 0.1) is 6.61 Å². The SMILES string of the molecule is CC(C)(C)N1CCCC1CO.CC(C)(C)N1CCCCC1.CC1CCCN1C(C)(C)C. The van der Waals surface area contributed by atoms with Gasteiger partial charge in [-0.15, -0.1) is 0 Å². The van der Waals surface area contributed by atoms with E-state index in [9.17, 15) is 0 Å². The van der Waals surface area contributed by atoms with Crippen molar-refractivity contribution in [3.05, 3.63) is 0 Å². The Morgan fingerprint density at radius 2 is 1.10 bits per heavy atom. The fourth-order valence-corrected chi connectivity index (χ4v) is 5.40. The van der Waals surface area contributed by atoms with E-state index in [1.807, 2.05) is 0 Å². The highest BCUT2D eigenvalue weighted by molar-refractivity contribution is 4.87. The molecule has 186 valence electrons. The van der Waals surface area contributed by atoms with Crippen molar-refractivity contribution in [3.63, 3.8) is 0 Å². The molecule has 31 heavy (non-hydrogen) atoms. The number of aliphatic hydroxyl groups is 1. The van der Waals surface area contributed by atoms with Crippen LogP contribution in [0.15, 0.2) is 0 Å². The monoisotopic (exact) mass is 439 g/mol. The van der Waals surface area contributed by atoms with Gasteiger partial charge in [0.1, 0.15) is 0 Å². The molecule has 3 heterocycles. The van der Waals surface area contributed by atoms with Gasteiger partial charge in [0.2, 0.25) is 0 Å². The van der Waals surface area contributed by atoms with Crippen molar-refractivity contribution >= 4 is 0 Å². The van der Waals surface area contributed by atoms with Gasteiger partial charge >= 0.3 is 0 Å². The van der Waals surface area contributed by atoms with Gasteiger partial charge in [0.15, 0.2) is 0 Å². The molecule has 0 aliphatic carbocycles. The number of nitrogens with zero attached hydrogens (tertiary/aromatic N) is 3. The lowest BCUT2D eigenvalue weighted by Crippen LogP contribution is -2.45. The Balaban J connectivity index is 0.000000233. The van der Waals surface area contributed by atoms with E-state index in [0.29, 0.717) is 23.7 Å². The van der Waals surface area contributed by atoms with E-state index in [2.05, 4.69) is 83.9 Å². The second kappa shape index (κ2) is 12.3. The third kappa shape index (κ3) is 10.1. The van der Waals surface area contributed by atoms with Gasteiger partial charge in [-0.05, 0) is 134 Å². The molecule has 0 amide bonds. The summed E-state index contributed by atoms with van der Waals surface area (Å²) in [5.74, 6) is 0. The van der Waals surface area contributed by atoms with Crippen LogP contribution in [0.2, 0.25) is 0 Å². The van der Waals surface area contributed by atoms with Crippen LogP contribution in [-0.2, 0) is 0 Å². The van der Waals surface area contributed by atoms with Gasteiger partial charge in [0.25, 0.3) is 0 Å². The lowest BCUT2D eigenvalue weighted by Gasteiger charge is -2.38. The summed E-state index contributed by atoms with van der Waals surface area (Å²) in [5, 5.41) is 9.06. The molecule has 2 atom stereocenters. The molecule has 0 aromatic heterocycles. The first-order valence-corrected chi connectivity index (χ1v) is 13.1. The highest BCUT2D eigenvalue weighted by Crippen LogP contribution is 2.26. The predicted octanol–water partition coefficient (Wildman–Crippen LogP) is 5.78. The molecular weight excluding hydrogens is 382 g/mol. The summed E-state index contributed by atoms with van der Waals surface area (Å²) >= 11 is 0. The summed E-state index contributed by atoms with van der Waals surface area (Å²) < 4.78 is 0. The summed E-state index contributed by atoms with van der Waals surface area (Å²) in [7, 11) is 0. The average Bonchev–Trinajstić information content (AvgIpc) is 3.31. The molecular formula is C27H57N3O. The molecule has 4 heteroatoms. The fraction of sp³-hybridized carbons (Fsp3) is 1.00. The first-order chi connectivity index (χ1) is 14.2. The number of hydrogen-bond acceptors (Lipinski definition) is 4. The molecule has 0 aromatic rings. The van der Waals surface area contributed by atoms with Crippen molar-refractivity contribution < 1.29 is 5.11 Å². The molecule has 1 N–H and O–H groups in total. The molecule has 2 unspecified atom stereocenters. The Bertz CT molecular complexity index is 480. The smallest absolute Gasteiger partial charge is 0.0587 e. The topological polar surface area (TPSA) is 30.0 Å². The third-order valence-corrected chi connectivity index (χ3v) is 7.17. The third-order valence-electron chi connectivity index (χ3n) is 7.17. The first kappa shape index (κ1) is 28.9. The van der Waals surface area contributed by atoms with E-state index in [0.717, 1.165) is 19.0 Å². The molecule has 3 rings (SSSR count). The number of piperidine rings is 1. The van der Waals surface area contributed by atoms with E-state index in [1.165, 1.54) is 58.2 Å². The molecule has 3 saturated heterocycles. The average molecular weight is 440 g/mol. The molecule has 0 aromatic carbocycles. The molecule has 3 fully saturated rings. The molecule has 3 aliphatic rings. The molecule has 0 spiro atoms. The Morgan fingerprint density at radius 1 is 0.613 bits per heavy atom. The van der Waals surface area contributed by atoms with Crippen molar-refractivity contribution in [1.82, 2.24) is 14.7 Å². The Kier molecular flexibility index (Phi) is 11.5. The minimum absolute atomic E-state index is 0.226. The Morgan fingerprint density at radius 3 is 1.39 bits per heavy atom. The second-order valence-corrected chi connectivity index (χ2v) is 12.9. The van der Waals surface area contributed by atoms with Crippen LogP contribution in [0.1, 0.15) is 114 Å². The van der Waals surface area contributed by atoms with Crippen molar-refractivity contribution in [2.45, 2.75) is 143 Å². The highest BCUT2D eigenvalue weighted by Gasteiger charge is 2.32. The van der Waals surface area contributed by atoms with Crippen molar-refractivity contribution in [2.24, 2.45) is 0 Å². The maximum Gasteiger partial charge on any atom is 0.0587 e. The van der Waals surface area contributed by atoms with Gasteiger partial charge in [-0.2, -0.15) is 0 Å². The summed E-state index contributed by atoms with van der Waals surface area (Å²) in [6.45, 7) is 28.2. The van der Waals surface area contributed by atoms with Gasteiger partial charge in [-0.25, -0.2) is 0 Å². The zero-order chi connectivity index (χ0) is 23.9. The number of likely N-dealkylation sites (tertiary alicyclic amines) is 3. The summed E-state index contributed by atoms with van der Waals surface area (Å²) in [6.07, 6.45) is 9.41. The second-order valence-electron chi connectivity index (χ2n) is 12.9. The van der Waals surface area contributed by atoms with E-state index >= 15 is 0 Å². The van der Waals surface area contributed by atoms with E-state index in [1.54, 1.807) is 0 Å². The largest absolute Gasteiger partial charge is 0.395 e.